The van der Waals surface area contributed by atoms with Crippen LogP contribution in [0.15, 0.2) is 10.7 Å². The van der Waals surface area contributed by atoms with Gasteiger partial charge in [0.2, 0.25) is 0 Å². The summed E-state index contributed by atoms with van der Waals surface area (Å²) in [6.45, 7) is 6.65. The lowest BCUT2D eigenvalue weighted by molar-refractivity contribution is 0.0923. The molecule has 2 heterocycles. The second kappa shape index (κ2) is 4.87. The molecule has 1 amide bonds. The van der Waals surface area contributed by atoms with Gasteiger partial charge in [-0.15, -0.1) is 0 Å². The Balaban J connectivity index is 1.90. The normalized spacial score (nSPS) is 24.6. The van der Waals surface area contributed by atoms with Crippen LogP contribution in [0.2, 0.25) is 0 Å². The molecule has 1 saturated heterocycles. The van der Waals surface area contributed by atoms with E-state index in [9.17, 15) is 4.79 Å². The molecule has 0 bridgehead atoms. The predicted octanol–water partition coefficient (Wildman–Crippen LogP) is 1.10. The third kappa shape index (κ3) is 2.85. The molecule has 2 rings (SSSR count). The first-order valence-electron chi connectivity index (χ1n) is 6.01. The van der Waals surface area contributed by atoms with Crippen LogP contribution in [0, 0.1) is 12.3 Å². The Morgan fingerprint density at radius 3 is 3.12 bits per heavy atom. The molecule has 1 atom stereocenters. The van der Waals surface area contributed by atoms with E-state index in [1.807, 2.05) is 0 Å². The molecule has 0 radical (unpaired) electrons. The summed E-state index contributed by atoms with van der Waals surface area (Å²) in [5.74, 6) is 0.463. The Labute approximate surface area is 101 Å². The monoisotopic (exact) mass is 237 g/mol. The Kier molecular flexibility index (Phi) is 3.47. The lowest BCUT2D eigenvalue weighted by Crippen LogP contribution is -2.45. The van der Waals surface area contributed by atoms with Gasteiger partial charge in [0, 0.05) is 13.1 Å². The van der Waals surface area contributed by atoms with Crippen molar-refractivity contribution < 1.29 is 9.32 Å². The van der Waals surface area contributed by atoms with Crippen LogP contribution in [0.5, 0.6) is 0 Å². The predicted molar refractivity (Wildman–Crippen MR) is 63.8 cm³/mol. The van der Waals surface area contributed by atoms with E-state index in [1.165, 1.54) is 12.6 Å². The van der Waals surface area contributed by atoms with Gasteiger partial charge in [0.15, 0.2) is 0 Å². The van der Waals surface area contributed by atoms with Gasteiger partial charge in [-0.25, -0.2) is 0 Å². The molecule has 0 spiro atoms. The van der Waals surface area contributed by atoms with Crippen molar-refractivity contribution in [2.45, 2.75) is 26.7 Å². The van der Waals surface area contributed by atoms with Gasteiger partial charge in [-0.2, -0.15) is 0 Å². The number of hydrogen-bond acceptors (Lipinski definition) is 4. The maximum absolute atomic E-state index is 11.9. The van der Waals surface area contributed by atoms with Crippen LogP contribution >= 0.6 is 0 Å². The van der Waals surface area contributed by atoms with Crippen LogP contribution in [-0.2, 0) is 0 Å². The van der Waals surface area contributed by atoms with Crippen LogP contribution < -0.4 is 10.6 Å². The van der Waals surface area contributed by atoms with E-state index in [4.69, 9.17) is 4.52 Å². The van der Waals surface area contributed by atoms with Crippen molar-refractivity contribution in [3.05, 3.63) is 17.5 Å². The topological polar surface area (TPSA) is 67.2 Å². The van der Waals surface area contributed by atoms with E-state index in [-0.39, 0.29) is 11.3 Å². The molecule has 94 valence electrons. The minimum atomic E-state index is -0.101. The molecule has 5 heteroatoms. The fraction of sp³-hybridized carbons (Fsp3) is 0.667. The van der Waals surface area contributed by atoms with Crippen molar-refractivity contribution in [3.8, 4) is 0 Å². The zero-order valence-electron chi connectivity index (χ0n) is 10.4. The lowest BCUT2D eigenvalue weighted by atomic mass is 9.83. The quantitative estimate of drug-likeness (QED) is 0.826. The van der Waals surface area contributed by atoms with Gasteiger partial charge >= 0.3 is 0 Å². The molecule has 2 N–H and O–H groups in total. The molecular formula is C12H19N3O2. The fourth-order valence-electron chi connectivity index (χ4n) is 2.18. The Hall–Kier alpha value is -1.36. The molecule has 1 aliphatic heterocycles. The van der Waals surface area contributed by atoms with Gasteiger partial charge in [-0.1, -0.05) is 12.1 Å². The van der Waals surface area contributed by atoms with Crippen molar-refractivity contribution in [2.75, 3.05) is 19.6 Å². The summed E-state index contributed by atoms with van der Waals surface area (Å²) in [5, 5.41) is 9.93. The molecule has 0 saturated carbocycles. The summed E-state index contributed by atoms with van der Waals surface area (Å²) in [6.07, 6.45) is 3.77. The number of nitrogens with one attached hydrogen (secondary N) is 2. The summed E-state index contributed by atoms with van der Waals surface area (Å²) >= 11 is 0. The first-order valence-corrected chi connectivity index (χ1v) is 6.01. The number of amides is 1. The standard InChI is InChI=1S/C12H19N3O2/c1-9-10(6-15-17-9)11(16)14-8-12(2)4-3-5-13-7-12/h6,13H,3-5,7-8H2,1-2H3,(H,14,16). The second-order valence-electron chi connectivity index (χ2n) is 5.07. The number of aryl methyl sites for hydroxylation is 1. The zero-order valence-corrected chi connectivity index (χ0v) is 10.4. The van der Waals surface area contributed by atoms with Gasteiger partial charge < -0.3 is 15.2 Å². The van der Waals surface area contributed by atoms with Crippen LogP contribution in [0.1, 0.15) is 35.9 Å². The van der Waals surface area contributed by atoms with Gasteiger partial charge in [0.25, 0.3) is 5.91 Å². The Morgan fingerprint density at radius 1 is 1.71 bits per heavy atom. The van der Waals surface area contributed by atoms with Crippen LogP contribution in [-0.4, -0.2) is 30.7 Å². The van der Waals surface area contributed by atoms with E-state index in [1.54, 1.807) is 6.92 Å². The SMILES string of the molecule is Cc1oncc1C(=O)NCC1(C)CCCNC1. The number of carbonyl (C=O) groups is 1. The molecule has 0 aliphatic carbocycles. The molecule has 1 fully saturated rings. The van der Waals surface area contributed by atoms with Crippen LogP contribution in [0.25, 0.3) is 0 Å². The Morgan fingerprint density at radius 2 is 2.53 bits per heavy atom. The summed E-state index contributed by atoms with van der Waals surface area (Å²) in [4.78, 5) is 11.9. The molecule has 0 aromatic carbocycles. The number of piperidine rings is 1. The van der Waals surface area contributed by atoms with Crippen molar-refractivity contribution in [2.24, 2.45) is 5.41 Å². The molecule has 1 aromatic heterocycles. The van der Waals surface area contributed by atoms with Crippen molar-refractivity contribution in [3.63, 3.8) is 0 Å². The lowest BCUT2D eigenvalue weighted by Gasteiger charge is -2.34. The molecular weight excluding hydrogens is 218 g/mol. The van der Waals surface area contributed by atoms with E-state index in [0.717, 1.165) is 19.5 Å². The number of aromatic nitrogens is 1. The van der Waals surface area contributed by atoms with Gasteiger partial charge in [0.1, 0.15) is 11.3 Å². The Bertz CT molecular complexity index is 394. The summed E-state index contributed by atoms with van der Waals surface area (Å²) in [5.41, 5.74) is 0.677. The highest BCUT2D eigenvalue weighted by molar-refractivity contribution is 5.94. The number of hydrogen-bond donors (Lipinski definition) is 2. The zero-order chi connectivity index (χ0) is 12.3. The van der Waals surface area contributed by atoms with Gasteiger partial charge in [-0.3, -0.25) is 4.79 Å². The molecule has 1 unspecified atom stereocenters. The number of rotatable bonds is 3. The van der Waals surface area contributed by atoms with Crippen molar-refractivity contribution in [1.29, 1.82) is 0 Å². The van der Waals surface area contributed by atoms with Crippen LogP contribution in [0.3, 0.4) is 0 Å². The highest BCUT2D eigenvalue weighted by atomic mass is 16.5. The second-order valence-corrected chi connectivity index (χ2v) is 5.07. The average molecular weight is 237 g/mol. The molecule has 17 heavy (non-hydrogen) atoms. The van der Waals surface area contributed by atoms with E-state index < -0.39 is 0 Å². The molecule has 1 aliphatic rings. The van der Waals surface area contributed by atoms with Crippen molar-refractivity contribution in [1.82, 2.24) is 15.8 Å². The summed E-state index contributed by atoms with van der Waals surface area (Å²) < 4.78 is 4.88. The largest absolute Gasteiger partial charge is 0.361 e. The number of nitrogens with zero attached hydrogens (tertiary/aromatic N) is 1. The van der Waals surface area contributed by atoms with E-state index in [2.05, 4.69) is 22.7 Å². The first-order chi connectivity index (χ1) is 8.11. The fourth-order valence-corrected chi connectivity index (χ4v) is 2.18. The maximum Gasteiger partial charge on any atom is 0.256 e. The summed E-state index contributed by atoms with van der Waals surface area (Å²) in [6, 6.07) is 0. The van der Waals surface area contributed by atoms with E-state index >= 15 is 0 Å². The van der Waals surface area contributed by atoms with Crippen molar-refractivity contribution >= 4 is 5.91 Å². The number of carbonyl (C=O) groups excluding carboxylic acids is 1. The van der Waals surface area contributed by atoms with Crippen LogP contribution in [0.4, 0.5) is 0 Å². The van der Waals surface area contributed by atoms with Gasteiger partial charge in [0.05, 0.1) is 6.20 Å². The third-order valence-corrected chi connectivity index (χ3v) is 3.36. The highest BCUT2D eigenvalue weighted by Gasteiger charge is 2.27. The average Bonchev–Trinajstić information content (AvgIpc) is 2.74. The highest BCUT2D eigenvalue weighted by Crippen LogP contribution is 2.24. The maximum atomic E-state index is 11.9. The first kappa shape index (κ1) is 12.1. The molecule has 5 nitrogen and oxygen atoms in total. The third-order valence-electron chi connectivity index (χ3n) is 3.36. The smallest absolute Gasteiger partial charge is 0.256 e. The minimum absolute atomic E-state index is 0.101. The molecule has 1 aromatic rings. The van der Waals surface area contributed by atoms with E-state index in [0.29, 0.717) is 17.9 Å². The van der Waals surface area contributed by atoms with Gasteiger partial charge in [-0.05, 0) is 31.7 Å². The summed E-state index contributed by atoms with van der Waals surface area (Å²) in [7, 11) is 0. The minimum Gasteiger partial charge on any atom is -0.361 e.